The molecule has 23 heavy (non-hydrogen) atoms. The van der Waals surface area contributed by atoms with E-state index in [0.717, 1.165) is 11.1 Å². The molecule has 3 rings (SSSR count). The molecule has 0 aliphatic heterocycles. The summed E-state index contributed by atoms with van der Waals surface area (Å²) < 4.78 is 10.8. The average Bonchev–Trinajstić information content (AvgIpc) is 2.55. The van der Waals surface area contributed by atoms with Crippen molar-refractivity contribution in [3.63, 3.8) is 0 Å². The summed E-state index contributed by atoms with van der Waals surface area (Å²) in [5.74, 6) is 0.212. The molecule has 2 aromatic carbocycles. The number of hydrogen-bond donors (Lipinski definition) is 0. The number of benzene rings is 2. The first kappa shape index (κ1) is 15.0. The zero-order valence-electron chi connectivity index (χ0n) is 12.7. The van der Waals surface area contributed by atoms with Crippen LogP contribution in [0.4, 0.5) is 0 Å². The third-order valence-electron chi connectivity index (χ3n) is 3.50. The van der Waals surface area contributed by atoms with E-state index in [4.69, 9.17) is 9.15 Å². The maximum Gasteiger partial charge on any atom is 0.310 e. The SMILES string of the molecule is CCOC(=O)Cc1cccc(-c2cc(=O)c3ccccc3o2)c1. The molecule has 1 aromatic heterocycles. The third-order valence-corrected chi connectivity index (χ3v) is 3.50. The molecule has 0 saturated carbocycles. The minimum atomic E-state index is -0.274. The van der Waals surface area contributed by atoms with Crippen LogP contribution in [0.25, 0.3) is 22.3 Å². The number of para-hydroxylation sites is 1. The van der Waals surface area contributed by atoms with Crippen molar-refractivity contribution in [2.75, 3.05) is 6.61 Å². The Morgan fingerprint density at radius 1 is 1.09 bits per heavy atom. The first-order valence-corrected chi connectivity index (χ1v) is 7.45. The Balaban J connectivity index is 1.99. The van der Waals surface area contributed by atoms with Crippen LogP contribution in [0, 0.1) is 0 Å². The van der Waals surface area contributed by atoms with Crippen LogP contribution in [-0.2, 0) is 16.0 Å². The second kappa shape index (κ2) is 6.48. The summed E-state index contributed by atoms with van der Waals surface area (Å²) in [6, 6.07) is 16.0. The summed E-state index contributed by atoms with van der Waals surface area (Å²) in [5, 5.41) is 0.555. The normalized spacial score (nSPS) is 10.7. The summed E-state index contributed by atoms with van der Waals surface area (Å²) in [6.45, 7) is 2.14. The lowest BCUT2D eigenvalue weighted by Crippen LogP contribution is -2.07. The van der Waals surface area contributed by atoms with Crippen molar-refractivity contribution in [1.82, 2.24) is 0 Å². The molecular weight excluding hydrogens is 292 g/mol. The van der Waals surface area contributed by atoms with Gasteiger partial charge in [-0.05, 0) is 30.7 Å². The number of carbonyl (C=O) groups excluding carboxylic acids is 1. The Bertz CT molecular complexity index is 908. The molecule has 0 fully saturated rings. The minimum absolute atomic E-state index is 0.0855. The quantitative estimate of drug-likeness (QED) is 0.691. The molecule has 4 nitrogen and oxygen atoms in total. The molecule has 1 heterocycles. The molecule has 116 valence electrons. The molecule has 0 aliphatic carbocycles. The van der Waals surface area contributed by atoms with Crippen LogP contribution in [0.1, 0.15) is 12.5 Å². The van der Waals surface area contributed by atoms with E-state index in [0.29, 0.717) is 23.3 Å². The van der Waals surface area contributed by atoms with Gasteiger partial charge in [0.25, 0.3) is 0 Å². The van der Waals surface area contributed by atoms with E-state index in [1.54, 1.807) is 25.1 Å². The van der Waals surface area contributed by atoms with Gasteiger partial charge in [-0.2, -0.15) is 0 Å². The first-order valence-electron chi connectivity index (χ1n) is 7.45. The highest BCUT2D eigenvalue weighted by atomic mass is 16.5. The molecule has 0 unspecified atom stereocenters. The molecule has 0 spiro atoms. The Morgan fingerprint density at radius 2 is 1.91 bits per heavy atom. The van der Waals surface area contributed by atoms with Gasteiger partial charge in [-0.1, -0.05) is 30.3 Å². The fraction of sp³-hybridized carbons (Fsp3) is 0.158. The second-order valence-corrected chi connectivity index (χ2v) is 5.15. The maximum atomic E-state index is 12.2. The number of hydrogen-bond acceptors (Lipinski definition) is 4. The standard InChI is InChI=1S/C19H16O4/c1-2-22-19(21)11-13-6-5-7-14(10-13)18-12-16(20)15-8-3-4-9-17(15)23-18/h3-10,12H,2,11H2,1H3. The van der Waals surface area contributed by atoms with Gasteiger partial charge in [-0.15, -0.1) is 0 Å². The summed E-state index contributed by atoms with van der Waals surface area (Å²) in [6.07, 6.45) is 0.194. The number of rotatable bonds is 4. The van der Waals surface area contributed by atoms with Gasteiger partial charge in [0.05, 0.1) is 18.4 Å². The molecule has 0 bridgehead atoms. The third kappa shape index (κ3) is 3.31. The zero-order valence-corrected chi connectivity index (χ0v) is 12.7. The summed E-state index contributed by atoms with van der Waals surface area (Å²) in [5.41, 5.74) is 2.04. The van der Waals surface area contributed by atoms with E-state index in [-0.39, 0.29) is 17.8 Å². The zero-order chi connectivity index (χ0) is 16.2. The van der Waals surface area contributed by atoms with Crippen molar-refractivity contribution >= 4 is 16.9 Å². The first-order chi connectivity index (χ1) is 11.2. The van der Waals surface area contributed by atoms with Crippen molar-refractivity contribution in [1.29, 1.82) is 0 Å². The van der Waals surface area contributed by atoms with E-state index in [1.165, 1.54) is 6.07 Å². The van der Waals surface area contributed by atoms with Gasteiger partial charge in [0, 0.05) is 11.6 Å². The van der Waals surface area contributed by atoms with E-state index in [9.17, 15) is 9.59 Å². The van der Waals surface area contributed by atoms with Crippen LogP contribution < -0.4 is 5.43 Å². The minimum Gasteiger partial charge on any atom is -0.466 e. The Labute approximate surface area is 133 Å². The summed E-state index contributed by atoms with van der Waals surface area (Å²) in [4.78, 5) is 23.8. The summed E-state index contributed by atoms with van der Waals surface area (Å²) >= 11 is 0. The van der Waals surface area contributed by atoms with Crippen LogP contribution in [0.15, 0.2) is 63.8 Å². The molecule has 0 radical (unpaired) electrons. The molecule has 0 N–H and O–H groups in total. The van der Waals surface area contributed by atoms with Crippen LogP contribution >= 0.6 is 0 Å². The molecule has 3 aromatic rings. The van der Waals surface area contributed by atoms with Crippen molar-refractivity contribution in [3.8, 4) is 11.3 Å². The fourth-order valence-electron chi connectivity index (χ4n) is 2.46. The molecule has 0 amide bonds. The van der Waals surface area contributed by atoms with Gasteiger partial charge in [0.15, 0.2) is 5.43 Å². The van der Waals surface area contributed by atoms with Gasteiger partial charge in [0.1, 0.15) is 11.3 Å². The van der Waals surface area contributed by atoms with E-state index < -0.39 is 0 Å². The van der Waals surface area contributed by atoms with E-state index in [1.807, 2.05) is 30.3 Å². The lowest BCUT2D eigenvalue weighted by molar-refractivity contribution is -0.142. The van der Waals surface area contributed by atoms with Gasteiger partial charge >= 0.3 is 5.97 Å². The fourth-order valence-corrected chi connectivity index (χ4v) is 2.46. The highest BCUT2D eigenvalue weighted by Crippen LogP contribution is 2.23. The molecule has 4 heteroatoms. The number of carbonyl (C=O) groups is 1. The molecule has 0 aliphatic rings. The van der Waals surface area contributed by atoms with Gasteiger partial charge in [0.2, 0.25) is 0 Å². The maximum absolute atomic E-state index is 12.2. The molecular formula is C19H16O4. The monoisotopic (exact) mass is 308 g/mol. The predicted octanol–water partition coefficient (Wildman–Crippen LogP) is 3.57. The van der Waals surface area contributed by atoms with Crippen molar-refractivity contribution in [2.45, 2.75) is 13.3 Å². The van der Waals surface area contributed by atoms with Gasteiger partial charge < -0.3 is 9.15 Å². The Hall–Kier alpha value is -2.88. The molecule has 0 atom stereocenters. The number of esters is 1. The number of fused-ring (bicyclic) bond motifs is 1. The van der Waals surface area contributed by atoms with E-state index >= 15 is 0 Å². The van der Waals surface area contributed by atoms with Crippen LogP contribution in [0.5, 0.6) is 0 Å². The second-order valence-electron chi connectivity index (χ2n) is 5.15. The van der Waals surface area contributed by atoms with Gasteiger partial charge in [-0.3, -0.25) is 9.59 Å². The predicted molar refractivity (Wildman–Crippen MR) is 88.3 cm³/mol. The lowest BCUT2D eigenvalue weighted by atomic mass is 10.1. The largest absolute Gasteiger partial charge is 0.466 e. The van der Waals surface area contributed by atoms with Crippen LogP contribution in [0.2, 0.25) is 0 Å². The smallest absolute Gasteiger partial charge is 0.310 e. The van der Waals surface area contributed by atoms with Crippen molar-refractivity contribution in [3.05, 3.63) is 70.4 Å². The van der Waals surface area contributed by atoms with Crippen LogP contribution in [0.3, 0.4) is 0 Å². The van der Waals surface area contributed by atoms with E-state index in [2.05, 4.69) is 0 Å². The van der Waals surface area contributed by atoms with Crippen LogP contribution in [-0.4, -0.2) is 12.6 Å². The topological polar surface area (TPSA) is 56.5 Å². The van der Waals surface area contributed by atoms with Crippen molar-refractivity contribution in [2.24, 2.45) is 0 Å². The average molecular weight is 308 g/mol. The Morgan fingerprint density at radius 3 is 2.74 bits per heavy atom. The highest BCUT2D eigenvalue weighted by molar-refractivity contribution is 5.79. The van der Waals surface area contributed by atoms with Crippen molar-refractivity contribution < 1.29 is 13.9 Å². The summed E-state index contributed by atoms with van der Waals surface area (Å²) in [7, 11) is 0. The molecule has 0 saturated heterocycles. The van der Waals surface area contributed by atoms with Gasteiger partial charge in [-0.25, -0.2) is 0 Å². The number of ether oxygens (including phenoxy) is 1. The lowest BCUT2D eigenvalue weighted by Gasteiger charge is -2.06. The highest BCUT2D eigenvalue weighted by Gasteiger charge is 2.09. The Kier molecular flexibility index (Phi) is 4.24.